The average molecular weight is 467 g/mol. The van der Waals surface area contributed by atoms with Gasteiger partial charge in [0.05, 0.1) is 22.1 Å². The summed E-state index contributed by atoms with van der Waals surface area (Å²) in [7, 11) is -3.87. The number of nitro groups is 1. The van der Waals surface area contributed by atoms with E-state index < -0.39 is 26.9 Å². The summed E-state index contributed by atoms with van der Waals surface area (Å²) in [5.74, 6) is -0.506. The Morgan fingerprint density at radius 1 is 1.03 bits per heavy atom. The van der Waals surface area contributed by atoms with E-state index in [1.807, 2.05) is 6.92 Å². The number of hydrogen-bond acceptors (Lipinski definition) is 6. The van der Waals surface area contributed by atoms with Crippen LogP contribution in [-0.4, -0.2) is 25.5 Å². The number of carbonyl (C=O) groups excluding carboxylic acids is 1. The van der Waals surface area contributed by atoms with Crippen LogP contribution in [-0.2, 0) is 14.8 Å². The molecular weight excluding hydrogens is 444 g/mol. The first-order chi connectivity index (χ1) is 15.7. The molecule has 0 spiro atoms. The molecule has 0 aromatic heterocycles. The number of benzene rings is 3. The minimum Gasteiger partial charge on any atom is -0.273 e. The Labute approximate surface area is 191 Å². The second kappa shape index (κ2) is 10.6. The molecule has 0 saturated heterocycles. The molecule has 9 nitrogen and oxygen atoms in total. The Morgan fingerprint density at radius 3 is 2.27 bits per heavy atom. The highest BCUT2D eigenvalue weighted by atomic mass is 32.2. The number of non-ortho nitro benzene ring substituents is 1. The quantitative estimate of drug-likeness (QED) is 0.283. The van der Waals surface area contributed by atoms with Gasteiger partial charge in [-0.15, -0.1) is 0 Å². The van der Waals surface area contributed by atoms with Gasteiger partial charge in [0.15, 0.2) is 0 Å². The predicted octanol–water partition coefficient (Wildman–Crippen LogP) is 3.46. The molecule has 1 amide bonds. The van der Waals surface area contributed by atoms with Crippen molar-refractivity contribution in [3.63, 3.8) is 0 Å². The molecule has 3 rings (SSSR count). The summed E-state index contributed by atoms with van der Waals surface area (Å²) in [5, 5.41) is 14.6. The van der Waals surface area contributed by atoms with Gasteiger partial charge in [-0.3, -0.25) is 14.9 Å². The van der Waals surface area contributed by atoms with E-state index >= 15 is 0 Å². The number of nitro benzene ring substituents is 1. The summed E-state index contributed by atoms with van der Waals surface area (Å²) in [5.41, 5.74) is 4.42. The normalized spacial score (nSPS) is 12.4. The van der Waals surface area contributed by atoms with E-state index in [1.54, 1.807) is 42.5 Å². The first-order valence-corrected chi connectivity index (χ1v) is 11.4. The molecule has 0 radical (unpaired) electrons. The molecule has 0 aliphatic rings. The number of nitrogens with zero attached hydrogens (tertiary/aromatic N) is 2. The molecule has 0 heterocycles. The van der Waals surface area contributed by atoms with Crippen LogP contribution in [0.1, 0.15) is 29.2 Å². The molecule has 3 aromatic rings. The lowest BCUT2D eigenvalue weighted by molar-refractivity contribution is -0.384. The third kappa shape index (κ3) is 6.79. The van der Waals surface area contributed by atoms with Crippen LogP contribution >= 0.6 is 0 Å². The van der Waals surface area contributed by atoms with Crippen molar-refractivity contribution in [2.45, 2.75) is 24.3 Å². The van der Waals surface area contributed by atoms with Crippen molar-refractivity contribution < 1.29 is 18.1 Å². The highest BCUT2D eigenvalue weighted by Gasteiger charge is 2.23. The van der Waals surface area contributed by atoms with Crippen molar-refractivity contribution in [2.75, 3.05) is 0 Å². The Morgan fingerprint density at radius 2 is 1.67 bits per heavy atom. The van der Waals surface area contributed by atoms with Crippen molar-refractivity contribution in [1.29, 1.82) is 0 Å². The Bertz CT molecular complexity index is 1240. The van der Waals surface area contributed by atoms with Gasteiger partial charge in [0, 0.05) is 18.6 Å². The number of carbonyl (C=O) groups is 1. The summed E-state index contributed by atoms with van der Waals surface area (Å²) >= 11 is 0. The molecule has 1 atom stereocenters. The Hall–Kier alpha value is -3.89. The van der Waals surface area contributed by atoms with Gasteiger partial charge in [0.1, 0.15) is 0 Å². The minimum atomic E-state index is -3.87. The van der Waals surface area contributed by atoms with E-state index in [1.165, 1.54) is 42.6 Å². The summed E-state index contributed by atoms with van der Waals surface area (Å²) in [6, 6.07) is 20.0. The van der Waals surface area contributed by atoms with E-state index in [9.17, 15) is 23.3 Å². The van der Waals surface area contributed by atoms with Gasteiger partial charge >= 0.3 is 0 Å². The van der Waals surface area contributed by atoms with Crippen LogP contribution in [0.4, 0.5) is 5.69 Å². The Kier molecular flexibility index (Phi) is 7.65. The zero-order valence-electron chi connectivity index (χ0n) is 17.7. The smallest absolute Gasteiger partial charge is 0.269 e. The number of nitrogens with one attached hydrogen (secondary N) is 2. The summed E-state index contributed by atoms with van der Waals surface area (Å²) in [6.45, 7) is 1.86. The summed E-state index contributed by atoms with van der Waals surface area (Å²) in [6.07, 6.45) is 1.16. The van der Waals surface area contributed by atoms with Crippen LogP contribution in [0.5, 0.6) is 0 Å². The fourth-order valence-electron chi connectivity index (χ4n) is 2.98. The van der Waals surface area contributed by atoms with Crippen LogP contribution in [0, 0.1) is 17.0 Å². The third-order valence-electron chi connectivity index (χ3n) is 4.73. The van der Waals surface area contributed by atoms with Crippen LogP contribution < -0.4 is 10.1 Å². The molecule has 2 N–H and O–H groups in total. The van der Waals surface area contributed by atoms with Gasteiger partial charge in [-0.25, -0.2) is 18.6 Å². The van der Waals surface area contributed by atoms with Gasteiger partial charge in [-0.1, -0.05) is 48.0 Å². The Balaban J connectivity index is 1.70. The SMILES string of the molecule is Cc1ccc(S(=O)(=O)N[C@@H](CC(=O)N/N=C\c2ccc([N+](=O)[O-])cc2)c2ccccc2)cc1. The van der Waals surface area contributed by atoms with Crippen molar-refractivity contribution in [3.05, 3.63) is 106 Å². The molecular formula is C23H22N4O5S. The maximum Gasteiger partial charge on any atom is 0.269 e. The van der Waals surface area contributed by atoms with E-state index in [0.29, 0.717) is 11.1 Å². The molecule has 0 fully saturated rings. The molecule has 0 aliphatic heterocycles. The summed E-state index contributed by atoms with van der Waals surface area (Å²) < 4.78 is 28.3. The van der Waals surface area contributed by atoms with Crippen molar-refractivity contribution >= 4 is 27.8 Å². The second-order valence-corrected chi connectivity index (χ2v) is 8.96. The fourth-order valence-corrected chi connectivity index (χ4v) is 4.20. The van der Waals surface area contributed by atoms with Gasteiger partial charge < -0.3 is 0 Å². The first-order valence-electron chi connectivity index (χ1n) is 9.95. The number of hydrazone groups is 1. The molecule has 170 valence electrons. The predicted molar refractivity (Wildman–Crippen MR) is 124 cm³/mol. The fraction of sp³-hybridized carbons (Fsp3) is 0.130. The van der Waals surface area contributed by atoms with Crippen molar-refractivity contribution in [1.82, 2.24) is 10.1 Å². The van der Waals surface area contributed by atoms with Crippen LogP contribution in [0.15, 0.2) is 88.9 Å². The highest BCUT2D eigenvalue weighted by molar-refractivity contribution is 7.89. The number of aryl methyl sites for hydroxylation is 1. The maximum absolute atomic E-state index is 12.9. The van der Waals surface area contributed by atoms with Crippen LogP contribution in [0.3, 0.4) is 0 Å². The molecule has 0 saturated carbocycles. The molecule has 33 heavy (non-hydrogen) atoms. The second-order valence-electron chi connectivity index (χ2n) is 7.24. The lowest BCUT2D eigenvalue weighted by atomic mass is 10.0. The molecule has 10 heteroatoms. The van der Waals surface area contributed by atoms with Crippen LogP contribution in [0.2, 0.25) is 0 Å². The lowest BCUT2D eigenvalue weighted by Gasteiger charge is -2.18. The molecule has 0 aliphatic carbocycles. The van der Waals surface area contributed by atoms with E-state index in [2.05, 4.69) is 15.2 Å². The molecule has 0 unspecified atom stereocenters. The zero-order valence-corrected chi connectivity index (χ0v) is 18.5. The lowest BCUT2D eigenvalue weighted by Crippen LogP contribution is -2.32. The number of hydrogen-bond donors (Lipinski definition) is 2. The minimum absolute atomic E-state index is 0.0530. The average Bonchev–Trinajstić information content (AvgIpc) is 2.80. The van der Waals surface area contributed by atoms with Gasteiger partial charge in [0.2, 0.25) is 15.9 Å². The van der Waals surface area contributed by atoms with Gasteiger partial charge in [-0.2, -0.15) is 5.10 Å². The van der Waals surface area contributed by atoms with E-state index in [0.717, 1.165) is 5.56 Å². The largest absolute Gasteiger partial charge is 0.273 e. The molecule has 0 bridgehead atoms. The topological polar surface area (TPSA) is 131 Å². The maximum atomic E-state index is 12.9. The van der Waals surface area contributed by atoms with Crippen molar-refractivity contribution in [3.8, 4) is 0 Å². The monoisotopic (exact) mass is 466 g/mol. The van der Waals surface area contributed by atoms with E-state index in [4.69, 9.17) is 0 Å². The molecule has 3 aromatic carbocycles. The van der Waals surface area contributed by atoms with Crippen molar-refractivity contribution in [2.24, 2.45) is 5.10 Å². The summed E-state index contributed by atoms with van der Waals surface area (Å²) in [4.78, 5) is 22.8. The zero-order chi connectivity index (χ0) is 23.8. The first kappa shape index (κ1) is 23.8. The number of rotatable bonds is 9. The third-order valence-corrected chi connectivity index (χ3v) is 6.21. The van der Waals surface area contributed by atoms with Gasteiger partial charge in [0.25, 0.3) is 5.69 Å². The van der Waals surface area contributed by atoms with Gasteiger partial charge in [-0.05, 0) is 42.3 Å². The number of amides is 1. The standard InChI is InChI=1S/C23H22N4O5S/c1-17-7-13-21(14-8-17)33(31,32)26-22(19-5-3-2-4-6-19)15-23(28)25-24-16-18-9-11-20(12-10-18)27(29)30/h2-14,16,22,26H,15H2,1H3,(H,25,28)/b24-16-/t22-/m0/s1. The van der Waals surface area contributed by atoms with E-state index in [-0.39, 0.29) is 17.0 Å². The number of sulfonamides is 1. The highest BCUT2D eigenvalue weighted by Crippen LogP contribution is 2.21. The van der Waals surface area contributed by atoms with Crippen LogP contribution in [0.25, 0.3) is 0 Å².